The Bertz CT molecular complexity index is 1080. The van der Waals surface area contributed by atoms with Gasteiger partial charge in [-0.3, -0.25) is 14.8 Å². The molecule has 2 saturated heterocycles. The molecule has 2 fully saturated rings. The lowest BCUT2D eigenvalue weighted by molar-refractivity contribution is -0.137. The Morgan fingerprint density at radius 3 is 2.70 bits per heavy atom. The standard InChI is InChI=1S/C25H23N3O2/c1-25-14-21(24(29)28(25)23(17-30-25)19-9-3-2-4-10-19)20-11-5-6-12-22(20)27-16-18-8-7-13-26-15-18/h2-13,15-16,21,23H,14,17H2,1H3/t21-,23-,25-/m1/s1. The molecule has 0 aliphatic carbocycles. The minimum absolute atomic E-state index is 0.0558. The topological polar surface area (TPSA) is 54.8 Å². The van der Waals surface area contributed by atoms with E-state index < -0.39 is 5.72 Å². The molecule has 1 amide bonds. The number of para-hydroxylation sites is 1. The first-order chi connectivity index (χ1) is 14.7. The van der Waals surface area contributed by atoms with Gasteiger partial charge in [-0.25, -0.2) is 0 Å². The van der Waals surface area contributed by atoms with Gasteiger partial charge in [0.15, 0.2) is 0 Å². The van der Waals surface area contributed by atoms with E-state index in [9.17, 15) is 4.79 Å². The van der Waals surface area contributed by atoms with Crippen LogP contribution in [0.5, 0.6) is 0 Å². The molecule has 2 aliphatic rings. The number of ether oxygens (including phenoxy) is 1. The van der Waals surface area contributed by atoms with E-state index in [0.717, 1.165) is 22.4 Å². The summed E-state index contributed by atoms with van der Waals surface area (Å²) in [6.07, 6.45) is 5.91. The highest BCUT2D eigenvalue weighted by Crippen LogP contribution is 2.50. The van der Waals surface area contributed by atoms with Crippen molar-refractivity contribution in [1.29, 1.82) is 0 Å². The average Bonchev–Trinajstić information content (AvgIpc) is 3.26. The van der Waals surface area contributed by atoms with Gasteiger partial charge in [0, 0.05) is 30.6 Å². The van der Waals surface area contributed by atoms with Crippen molar-refractivity contribution in [3.63, 3.8) is 0 Å². The zero-order valence-electron chi connectivity index (χ0n) is 16.8. The Labute approximate surface area is 176 Å². The third kappa shape index (κ3) is 3.21. The SMILES string of the molecule is C[C@@]12C[C@H](c3ccccc3N=Cc3cccnc3)C(=O)N1[C@@H](c1ccccc1)CO2. The van der Waals surface area contributed by atoms with Crippen LogP contribution in [0.2, 0.25) is 0 Å². The summed E-state index contributed by atoms with van der Waals surface area (Å²) in [5.41, 5.74) is 3.18. The van der Waals surface area contributed by atoms with Crippen molar-refractivity contribution in [3.8, 4) is 0 Å². The van der Waals surface area contributed by atoms with Crippen molar-refractivity contribution in [2.24, 2.45) is 4.99 Å². The number of nitrogens with zero attached hydrogens (tertiary/aromatic N) is 3. The second kappa shape index (κ2) is 7.50. The van der Waals surface area contributed by atoms with Crippen LogP contribution >= 0.6 is 0 Å². The number of aliphatic imine (C=N–C) groups is 1. The Balaban J connectivity index is 1.47. The third-order valence-corrected chi connectivity index (χ3v) is 6.03. The Morgan fingerprint density at radius 2 is 1.90 bits per heavy atom. The predicted octanol–water partition coefficient (Wildman–Crippen LogP) is 4.64. The number of hydrogen-bond acceptors (Lipinski definition) is 4. The first-order valence-electron chi connectivity index (χ1n) is 10.2. The number of carbonyl (C=O) groups excluding carboxylic acids is 1. The molecule has 5 heteroatoms. The number of rotatable bonds is 4. The van der Waals surface area contributed by atoms with Crippen LogP contribution in [-0.4, -0.2) is 34.3 Å². The Morgan fingerprint density at radius 1 is 1.10 bits per heavy atom. The quantitative estimate of drug-likeness (QED) is 0.603. The fourth-order valence-electron chi connectivity index (χ4n) is 4.57. The Kier molecular flexibility index (Phi) is 4.68. The first-order valence-corrected chi connectivity index (χ1v) is 10.2. The molecule has 0 spiro atoms. The highest BCUT2D eigenvalue weighted by Gasteiger charge is 2.56. The highest BCUT2D eigenvalue weighted by molar-refractivity contribution is 5.90. The van der Waals surface area contributed by atoms with Gasteiger partial charge in [-0.1, -0.05) is 54.6 Å². The molecule has 0 radical (unpaired) electrons. The summed E-state index contributed by atoms with van der Waals surface area (Å²) in [6.45, 7) is 2.55. The van der Waals surface area contributed by atoms with Gasteiger partial charge in [-0.05, 0) is 30.2 Å². The van der Waals surface area contributed by atoms with Gasteiger partial charge >= 0.3 is 0 Å². The summed E-state index contributed by atoms with van der Waals surface area (Å²) in [6, 6.07) is 21.8. The Hall–Kier alpha value is -3.31. The number of carbonyl (C=O) groups is 1. The van der Waals surface area contributed by atoms with Crippen LogP contribution in [0, 0.1) is 0 Å². The highest BCUT2D eigenvalue weighted by atomic mass is 16.5. The second-order valence-electron chi connectivity index (χ2n) is 7.98. The first kappa shape index (κ1) is 18.7. The van der Waals surface area contributed by atoms with Crippen LogP contribution in [0.4, 0.5) is 5.69 Å². The molecule has 0 N–H and O–H groups in total. The number of hydrogen-bond donors (Lipinski definition) is 0. The zero-order valence-corrected chi connectivity index (χ0v) is 16.8. The lowest BCUT2D eigenvalue weighted by Crippen LogP contribution is -2.40. The minimum Gasteiger partial charge on any atom is -0.353 e. The molecule has 3 aromatic rings. The van der Waals surface area contributed by atoms with Crippen LogP contribution in [0.1, 0.15) is 42.0 Å². The number of aromatic nitrogens is 1. The molecule has 1 aromatic heterocycles. The summed E-state index contributed by atoms with van der Waals surface area (Å²) in [5.74, 6) is -0.170. The molecular formula is C25H23N3O2. The van der Waals surface area contributed by atoms with Crippen molar-refractivity contribution < 1.29 is 9.53 Å². The summed E-state index contributed by atoms with van der Waals surface area (Å²) in [4.78, 5) is 24.3. The van der Waals surface area contributed by atoms with Gasteiger partial charge in [-0.2, -0.15) is 0 Å². The van der Waals surface area contributed by atoms with Gasteiger partial charge in [0.25, 0.3) is 0 Å². The van der Waals surface area contributed by atoms with Gasteiger partial charge < -0.3 is 9.64 Å². The van der Waals surface area contributed by atoms with E-state index in [1.54, 1.807) is 18.6 Å². The third-order valence-electron chi connectivity index (χ3n) is 6.03. The van der Waals surface area contributed by atoms with Crippen LogP contribution in [0.3, 0.4) is 0 Å². The van der Waals surface area contributed by atoms with E-state index in [1.807, 2.05) is 66.4 Å². The van der Waals surface area contributed by atoms with Gasteiger partial charge in [-0.15, -0.1) is 0 Å². The minimum atomic E-state index is -0.595. The van der Waals surface area contributed by atoms with Crippen molar-refractivity contribution in [2.45, 2.75) is 31.0 Å². The molecule has 0 bridgehead atoms. The maximum atomic E-state index is 13.6. The van der Waals surface area contributed by atoms with E-state index >= 15 is 0 Å². The van der Waals surface area contributed by atoms with E-state index in [0.29, 0.717) is 13.0 Å². The molecule has 150 valence electrons. The van der Waals surface area contributed by atoms with E-state index in [4.69, 9.17) is 4.74 Å². The van der Waals surface area contributed by atoms with E-state index in [2.05, 4.69) is 22.1 Å². The fraction of sp³-hybridized carbons (Fsp3) is 0.240. The molecule has 3 atom stereocenters. The molecule has 3 heterocycles. The summed E-state index contributed by atoms with van der Waals surface area (Å²) in [7, 11) is 0. The molecule has 0 saturated carbocycles. The molecule has 30 heavy (non-hydrogen) atoms. The fourth-order valence-corrected chi connectivity index (χ4v) is 4.57. The smallest absolute Gasteiger partial charge is 0.233 e. The van der Waals surface area contributed by atoms with Gasteiger partial charge in [0.05, 0.1) is 24.3 Å². The second-order valence-corrected chi connectivity index (χ2v) is 7.98. The molecule has 0 unspecified atom stereocenters. The predicted molar refractivity (Wildman–Crippen MR) is 116 cm³/mol. The zero-order chi connectivity index (χ0) is 20.6. The maximum absolute atomic E-state index is 13.6. The van der Waals surface area contributed by atoms with Crippen LogP contribution in [0.15, 0.2) is 84.1 Å². The lowest BCUT2D eigenvalue weighted by atomic mass is 9.93. The van der Waals surface area contributed by atoms with Crippen LogP contribution < -0.4 is 0 Å². The maximum Gasteiger partial charge on any atom is 0.233 e. The summed E-state index contributed by atoms with van der Waals surface area (Å²) >= 11 is 0. The number of pyridine rings is 1. The normalized spacial score (nSPS) is 25.8. The monoisotopic (exact) mass is 397 g/mol. The number of fused-ring (bicyclic) bond motifs is 1. The summed E-state index contributed by atoms with van der Waals surface area (Å²) < 4.78 is 6.18. The molecular weight excluding hydrogens is 374 g/mol. The van der Waals surface area contributed by atoms with Crippen molar-refractivity contribution in [3.05, 3.63) is 95.8 Å². The summed E-state index contributed by atoms with van der Waals surface area (Å²) in [5, 5.41) is 0. The van der Waals surface area contributed by atoms with E-state index in [-0.39, 0.29) is 17.9 Å². The largest absolute Gasteiger partial charge is 0.353 e. The molecule has 5 nitrogen and oxygen atoms in total. The van der Waals surface area contributed by atoms with E-state index in [1.165, 1.54) is 0 Å². The van der Waals surface area contributed by atoms with Crippen molar-refractivity contribution in [2.75, 3.05) is 6.61 Å². The van der Waals surface area contributed by atoms with Crippen molar-refractivity contribution in [1.82, 2.24) is 9.88 Å². The molecule has 2 aliphatic heterocycles. The van der Waals surface area contributed by atoms with Crippen LogP contribution in [0.25, 0.3) is 0 Å². The molecule has 5 rings (SSSR count). The number of benzene rings is 2. The number of amides is 1. The molecule has 2 aromatic carbocycles. The lowest BCUT2D eigenvalue weighted by Gasteiger charge is -2.29. The van der Waals surface area contributed by atoms with Gasteiger partial charge in [0.1, 0.15) is 5.72 Å². The van der Waals surface area contributed by atoms with Gasteiger partial charge in [0.2, 0.25) is 5.91 Å². The van der Waals surface area contributed by atoms with Crippen molar-refractivity contribution >= 4 is 17.8 Å². The average molecular weight is 397 g/mol. The van der Waals surface area contributed by atoms with Crippen LogP contribution in [-0.2, 0) is 9.53 Å².